The van der Waals surface area contributed by atoms with Gasteiger partial charge in [0.1, 0.15) is 11.4 Å². The first-order valence-corrected chi connectivity index (χ1v) is 7.38. The number of hydrogen-bond donors (Lipinski definition) is 1. The van der Waals surface area contributed by atoms with Gasteiger partial charge < -0.3 is 5.11 Å². The first kappa shape index (κ1) is 16.4. The first-order chi connectivity index (χ1) is 9.07. The number of aryl methyl sites for hydroxylation is 1. The SMILES string of the molecule is C=C(C)CN(C)S(=O)(=O)c1c(C)nn(CC(=O)O)c1C. The minimum Gasteiger partial charge on any atom is -0.480 e. The molecule has 0 saturated carbocycles. The first-order valence-electron chi connectivity index (χ1n) is 5.94. The van der Waals surface area contributed by atoms with Gasteiger partial charge in [0.05, 0.1) is 11.4 Å². The van der Waals surface area contributed by atoms with Gasteiger partial charge in [0.2, 0.25) is 10.0 Å². The summed E-state index contributed by atoms with van der Waals surface area (Å²) in [6.07, 6.45) is 0. The van der Waals surface area contributed by atoms with Crippen molar-refractivity contribution in [2.24, 2.45) is 0 Å². The van der Waals surface area contributed by atoms with Gasteiger partial charge in [-0.25, -0.2) is 8.42 Å². The third-order valence-corrected chi connectivity index (χ3v) is 4.82. The largest absolute Gasteiger partial charge is 0.480 e. The molecule has 0 aliphatic carbocycles. The predicted molar refractivity (Wildman–Crippen MR) is 74.0 cm³/mol. The predicted octanol–water partition coefficient (Wildman–Crippen LogP) is 0.781. The average Bonchev–Trinajstić information content (AvgIpc) is 2.52. The van der Waals surface area contributed by atoms with E-state index >= 15 is 0 Å². The van der Waals surface area contributed by atoms with Gasteiger partial charge in [0.15, 0.2) is 0 Å². The second-order valence-corrected chi connectivity index (χ2v) is 6.75. The Balaban J connectivity index is 3.29. The average molecular weight is 301 g/mol. The number of carbonyl (C=O) groups is 1. The lowest BCUT2D eigenvalue weighted by atomic mass is 10.4. The van der Waals surface area contributed by atoms with Crippen LogP contribution in [0, 0.1) is 13.8 Å². The number of sulfonamides is 1. The summed E-state index contributed by atoms with van der Waals surface area (Å²) in [5.74, 6) is -1.07. The zero-order chi connectivity index (χ0) is 15.7. The van der Waals surface area contributed by atoms with Crippen LogP contribution in [-0.2, 0) is 21.4 Å². The molecule has 0 aliphatic heterocycles. The van der Waals surface area contributed by atoms with Crippen molar-refractivity contribution in [3.63, 3.8) is 0 Å². The minimum atomic E-state index is -3.71. The minimum absolute atomic E-state index is 0.0579. The maximum atomic E-state index is 12.5. The van der Waals surface area contributed by atoms with Crippen LogP contribution in [-0.4, -0.2) is 47.2 Å². The molecule has 0 unspecified atom stereocenters. The maximum Gasteiger partial charge on any atom is 0.325 e. The maximum absolute atomic E-state index is 12.5. The molecule has 20 heavy (non-hydrogen) atoms. The summed E-state index contributed by atoms with van der Waals surface area (Å²) < 4.78 is 27.3. The highest BCUT2D eigenvalue weighted by Gasteiger charge is 2.28. The van der Waals surface area contributed by atoms with E-state index in [0.29, 0.717) is 11.3 Å². The molecule has 7 nitrogen and oxygen atoms in total. The van der Waals surface area contributed by atoms with Crippen LogP contribution in [0.4, 0.5) is 0 Å². The van der Waals surface area contributed by atoms with Crippen LogP contribution in [0.1, 0.15) is 18.3 Å². The van der Waals surface area contributed by atoms with Gasteiger partial charge in [-0.2, -0.15) is 9.40 Å². The number of carboxylic acids is 1. The number of likely N-dealkylation sites (N-methyl/N-ethyl adjacent to an activating group) is 1. The zero-order valence-electron chi connectivity index (χ0n) is 12.0. The van der Waals surface area contributed by atoms with Crippen LogP contribution in [0.25, 0.3) is 0 Å². The molecular weight excluding hydrogens is 282 g/mol. The van der Waals surface area contributed by atoms with E-state index < -0.39 is 16.0 Å². The lowest BCUT2D eigenvalue weighted by molar-refractivity contribution is -0.137. The molecule has 8 heteroatoms. The van der Waals surface area contributed by atoms with E-state index in [2.05, 4.69) is 11.7 Å². The van der Waals surface area contributed by atoms with E-state index in [4.69, 9.17) is 5.11 Å². The highest BCUT2D eigenvalue weighted by molar-refractivity contribution is 7.89. The van der Waals surface area contributed by atoms with Crippen molar-refractivity contribution in [2.45, 2.75) is 32.2 Å². The van der Waals surface area contributed by atoms with Crippen molar-refractivity contribution in [3.05, 3.63) is 23.5 Å². The lowest BCUT2D eigenvalue weighted by Gasteiger charge is -2.17. The molecule has 1 N–H and O–H groups in total. The van der Waals surface area contributed by atoms with E-state index in [1.165, 1.54) is 16.0 Å². The number of aromatic nitrogens is 2. The van der Waals surface area contributed by atoms with Crippen molar-refractivity contribution < 1.29 is 18.3 Å². The summed E-state index contributed by atoms with van der Waals surface area (Å²) >= 11 is 0. The molecular formula is C12H19N3O4S. The normalized spacial score (nSPS) is 11.8. The summed E-state index contributed by atoms with van der Waals surface area (Å²) in [4.78, 5) is 10.8. The van der Waals surface area contributed by atoms with Crippen LogP contribution in [0.15, 0.2) is 17.0 Å². The summed E-state index contributed by atoms with van der Waals surface area (Å²) in [6, 6.07) is 0. The van der Waals surface area contributed by atoms with Crippen molar-refractivity contribution in [1.82, 2.24) is 14.1 Å². The second-order valence-electron chi connectivity index (χ2n) is 4.77. The summed E-state index contributed by atoms with van der Waals surface area (Å²) in [7, 11) is -2.26. The number of carboxylic acid groups (broad SMARTS) is 1. The number of nitrogens with zero attached hydrogens (tertiary/aromatic N) is 3. The van der Waals surface area contributed by atoms with Crippen LogP contribution < -0.4 is 0 Å². The molecule has 1 aromatic heterocycles. The Morgan fingerprint density at radius 3 is 2.45 bits per heavy atom. The van der Waals surface area contributed by atoms with E-state index in [-0.39, 0.29) is 23.7 Å². The van der Waals surface area contributed by atoms with E-state index in [1.807, 2.05) is 0 Å². The highest BCUT2D eigenvalue weighted by Crippen LogP contribution is 2.23. The van der Waals surface area contributed by atoms with Crippen molar-refractivity contribution in [3.8, 4) is 0 Å². The number of hydrogen-bond acceptors (Lipinski definition) is 4. The quantitative estimate of drug-likeness (QED) is 0.784. The molecule has 0 radical (unpaired) electrons. The Labute approximate surface area is 118 Å². The Kier molecular flexibility index (Phi) is 4.72. The van der Waals surface area contributed by atoms with Gasteiger partial charge in [0.25, 0.3) is 0 Å². The fourth-order valence-corrected chi connectivity index (χ4v) is 3.55. The third kappa shape index (κ3) is 3.26. The summed E-state index contributed by atoms with van der Waals surface area (Å²) in [5.41, 5.74) is 1.32. The van der Waals surface area contributed by atoms with Gasteiger partial charge in [-0.1, -0.05) is 12.2 Å². The van der Waals surface area contributed by atoms with Crippen LogP contribution in [0.5, 0.6) is 0 Å². The molecule has 0 bridgehead atoms. The molecule has 0 atom stereocenters. The van der Waals surface area contributed by atoms with Crippen molar-refractivity contribution in [1.29, 1.82) is 0 Å². The Morgan fingerprint density at radius 1 is 1.45 bits per heavy atom. The Hall–Kier alpha value is -1.67. The standard InChI is InChI=1S/C12H19N3O4S/c1-8(2)6-14(5)20(18,19)12-9(3)13-15(10(12)4)7-11(16)17/h1,6-7H2,2-5H3,(H,16,17). The van der Waals surface area contributed by atoms with Crippen molar-refractivity contribution >= 4 is 16.0 Å². The molecule has 1 rings (SSSR count). The molecule has 0 aromatic carbocycles. The third-order valence-electron chi connectivity index (χ3n) is 2.76. The van der Waals surface area contributed by atoms with Crippen LogP contribution in [0.3, 0.4) is 0 Å². The van der Waals surface area contributed by atoms with E-state index in [0.717, 1.165) is 0 Å². The van der Waals surface area contributed by atoms with E-state index in [9.17, 15) is 13.2 Å². The molecule has 0 amide bonds. The zero-order valence-corrected chi connectivity index (χ0v) is 12.9. The smallest absolute Gasteiger partial charge is 0.325 e. The topological polar surface area (TPSA) is 92.5 Å². The molecule has 0 saturated heterocycles. The number of aliphatic carboxylic acids is 1. The Bertz CT molecular complexity index is 646. The Morgan fingerprint density at radius 2 is 2.00 bits per heavy atom. The van der Waals surface area contributed by atoms with Gasteiger partial charge in [-0.3, -0.25) is 9.48 Å². The molecule has 1 aromatic rings. The van der Waals surface area contributed by atoms with Gasteiger partial charge in [-0.05, 0) is 20.8 Å². The second kappa shape index (κ2) is 5.76. The fraction of sp³-hybridized carbons (Fsp3) is 0.500. The van der Waals surface area contributed by atoms with E-state index in [1.54, 1.807) is 20.8 Å². The lowest BCUT2D eigenvalue weighted by Crippen LogP contribution is -2.29. The van der Waals surface area contributed by atoms with Gasteiger partial charge in [-0.15, -0.1) is 0 Å². The van der Waals surface area contributed by atoms with Crippen LogP contribution in [0.2, 0.25) is 0 Å². The highest BCUT2D eigenvalue weighted by atomic mass is 32.2. The fourth-order valence-electron chi connectivity index (χ4n) is 1.96. The molecule has 0 spiro atoms. The van der Waals surface area contributed by atoms with Crippen molar-refractivity contribution in [2.75, 3.05) is 13.6 Å². The molecule has 112 valence electrons. The van der Waals surface area contributed by atoms with Gasteiger partial charge >= 0.3 is 5.97 Å². The number of rotatable bonds is 6. The molecule has 0 fully saturated rings. The monoisotopic (exact) mass is 301 g/mol. The molecule has 1 heterocycles. The van der Waals surface area contributed by atoms with Crippen LogP contribution >= 0.6 is 0 Å². The summed E-state index contributed by atoms with van der Waals surface area (Å²) in [6.45, 7) is 8.35. The molecule has 0 aliphatic rings. The van der Waals surface area contributed by atoms with Gasteiger partial charge in [0, 0.05) is 13.6 Å². The summed E-state index contributed by atoms with van der Waals surface area (Å²) in [5, 5.41) is 12.8.